The van der Waals surface area contributed by atoms with Crippen LogP contribution < -0.4 is 0 Å². The molecule has 312 valence electrons. The van der Waals surface area contributed by atoms with Gasteiger partial charge in [-0.1, -0.05) is 73.1 Å². The molecular weight excluding hydrogens is 712 g/mol. The van der Waals surface area contributed by atoms with Crippen LogP contribution in [0.5, 0.6) is 0 Å². The Morgan fingerprint density at radius 3 is 2.18 bits per heavy atom. The van der Waals surface area contributed by atoms with E-state index in [4.69, 9.17) is 23.7 Å². The first-order valence-corrected chi connectivity index (χ1v) is 20.3. The minimum absolute atomic E-state index is 0.00256. The number of hydrogen-bond donors (Lipinski definition) is 7. The monoisotopic (exact) mass is 778 g/mol. The standard InChI is InChI=1S/C42H66O13/c1-37(2)17-21-20-10-11-24-41(7,40(20,6)15-14-39(21,5)26(45)18-37)13-12-23-38(3,4)27(16-25(44)42(23,24)8)53-36-33(30(48)29(47)32(54-36)34(50)51-9)55-35-31(49)28(46)22(43)19-52-35/h10-11,22-33,35-36,43-49H,12-19H2,1-9H3/t22-,23+,24+,25-,26-,27+,28+,29+,30+,31-,32+,33-,35+,36-,39-,40-,41-,42+/m1/s1. The molecule has 5 fully saturated rings. The maximum Gasteiger partial charge on any atom is 0.337 e. The van der Waals surface area contributed by atoms with E-state index in [0.29, 0.717) is 0 Å². The van der Waals surface area contributed by atoms with Crippen LogP contribution in [0.2, 0.25) is 0 Å². The SMILES string of the molecule is COC(=O)[C@H]1O[C@@H](O[C@H]2C[C@@H](O)[C@]3(C)[C@H]4C=CC5=C6CC(C)(C)C[C@@H](O)[C@]6(C)CC[C@@]5(C)[C@]4(C)CC[C@H]3C2(C)C)[C@H](O[C@@H]2OC[C@@H](O)[C@H](O)[C@H]2O)[C@@H](O)[C@@H]1O. The minimum atomic E-state index is -1.79. The zero-order chi connectivity index (χ0) is 40.4. The highest BCUT2D eigenvalue weighted by atomic mass is 16.8. The summed E-state index contributed by atoms with van der Waals surface area (Å²) in [4.78, 5) is 12.7. The Morgan fingerprint density at radius 1 is 0.818 bits per heavy atom. The molecule has 0 bridgehead atoms. The lowest BCUT2D eigenvalue weighted by molar-refractivity contribution is -0.368. The number of ether oxygens (including phenoxy) is 5. The number of rotatable bonds is 5. The molecule has 0 spiro atoms. The predicted molar refractivity (Wildman–Crippen MR) is 198 cm³/mol. The number of carbonyl (C=O) groups excluding carboxylic acids is 1. The third kappa shape index (κ3) is 6.07. The molecular formula is C42H66O13. The first-order chi connectivity index (χ1) is 25.5. The number of hydrogen-bond acceptors (Lipinski definition) is 13. The molecule has 0 aromatic carbocycles. The second-order valence-electron chi connectivity index (χ2n) is 20.4. The average Bonchev–Trinajstić information content (AvgIpc) is 3.11. The van der Waals surface area contributed by atoms with Crippen molar-refractivity contribution in [1.29, 1.82) is 0 Å². The number of esters is 1. The van der Waals surface area contributed by atoms with Gasteiger partial charge in [-0.25, -0.2) is 4.79 Å². The van der Waals surface area contributed by atoms with Crippen LogP contribution in [0.1, 0.15) is 100 Å². The van der Waals surface area contributed by atoms with Crippen molar-refractivity contribution < 1.29 is 64.2 Å². The summed E-state index contributed by atoms with van der Waals surface area (Å²) in [6.45, 7) is 17.7. The maximum absolute atomic E-state index is 12.7. The van der Waals surface area contributed by atoms with Crippen molar-refractivity contribution in [1.82, 2.24) is 0 Å². The fourth-order valence-electron chi connectivity index (χ4n) is 12.8. The minimum Gasteiger partial charge on any atom is -0.467 e. The number of aliphatic hydroxyl groups is 7. The number of methoxy groups -OCH3 is 1. The lowest BCUT2D eigenvalue weighted by Gasteiger charge is -2.70. The van der Waals surface area contributed by atoms with E-state index in [1.54, 1.807) is 0 Å². The largest absolute Gasteiger partial charge is 0.467 e. The van der Waals surface area contributed by atoms with Gasteiger partial charge in [-0.3, -0.25) is 0 Å². The van der Waals surface area contributed by atoms with E-state index in [1.165, 1.54) is 11.1 Å². The Labute approximate surface area is 325 Å². The molecule has 2 heterocycles. The summed E-state index contributed by atoms with van der Waals surface area (Å²) >= 11 is 0. The first-order valence-electron chi connectivity index (χ1n) is 20.3. The molecule has 5 aliphatic carbocycles. The molecule has 0 radical (unpaired) electrons. The van der Waals surface area contributed by atoms with Gasteiger partial charge in [0, 0.05) is 17.3 Å². The van der Waals surface area contributed by atoms with Crippen molar-refractivity contribution in [2.45, 2.75) is 174 Å². The molecule has 7 N–H and O–H groups in total. The molecule has 2 aliphatic heterocycles. The van der Waals surface area contributed by atoms with Crippen LogP contribution in [-0.2, 0) is 28.5 Å². The van der Waals surface area contributed by atoms with Crippen LogP contribution in [0.3, 0.4) is 0 Å². The normalized spacial score (nSPS) is 53.0. The lowest BCUT2D eigenvalue weighted by atomic mass is 9.35. The Morgan fingerprint density at radius 2 is 1.51 bits per heavy atom. The fraction of sp³-hybridized carbons (Fsp3) is 0.881. The van der Waals surface area contributed by atoms with Crippen LogP contribution in [0, 0.1) is 44.3 Å². The van der Waals surface area contributed by atoms with Gasteiger partial charge in [-0.15, -0.1) is 0 Å². The van der Waals surface area contributed by atoms with Crippen molar-refractivity contribution in [3.8, 4) is 0 Å². The Hall–Kier alpha value is -1.49. The molecule has 13 heteroatoms. The number of allylic oxidation sites excluding steroid dienone is 3. The van der Waals surface area contributed by atoms with Crippen LogP contribution >= 0.6 is 0 Å². The zero-order valence-electron chi connectivity index (χ0n) is 34.0. The molecule has 0 unspecified atom stereocenters. The van der Waals surface area contributed by atoms with E-state index >= 15 is 0 Å². The molecule has 0 amide bonds. The van der Waals surface area contributed by atoms with Crippen molar-refractivity contribution >= 4 is 5.97 Å². The van der Waals surface area contributed by atoms with Gasteiger partial charge in [0.05, 0.1) is 32.0 Å². The number of carbonyl (C=O) groups is 1. The third-order valence-electron chi connectivity index (χ3n) is 16.6. The van der Waals surface area contributed by atoms with Crippen LogP contribution in [0.15, 0.2) is 23.3 Å². The third-order valence-corrected chi connectivity index (χ3v) is 16.6. The second-order valence-corrected chi connectivity index (χ2v) is 20.4. The molecule has 7 rings (SSSR count). The molecule has 2 saturated heterocycles. The highest BCUT2D eigenvalue weighted by Crippen LogP contribution is 2.74. The quantitative estimate of drug-likeness (QED) is 0.159. The first kappa shape index (κ1) is 41.7. The van der Waals surface area contributed by atoms with Gasteiger partial charge in [0.1, 0.15) is 36.6 Å². The Kier molecular flexibility index (Phi) is 10.4. The van der Waals surface area contributed by atoms with Gasteiger partial charge in [0.25, 0.3) is 0 Å². The molecule has 55 heavy (non-hydrogen) atoms. The zero-order valence-corrected chi connectivity index (χ0v) is 34.0. The van der Waals surface area contributed by atoms with Crippen LogP contribution in [0.4, 0.5) is 0 Å². The summed E-state index contributed by atoms with van der Waals surface area (Å²) in [5, 5.41) is 77.2. The summed E-state index contributed by atoms with van der Waals surface area (Å²) in [6.07, 6.45) is -6.06. The highest BCUT2D eigenvalue weighted by molar-refractivity contribution is 5.75. The summed E-state index contributed by atoms with van der Waals surface area (Å²) in [6, 6.07) is 0. The van der Waals surface area contributed by atoms with Gasteiger partial charge in [0.15, 0.2) is 18.7 Å². The number of aliphatic hydroxyl groups excluding tert-OH is 7. The van der Waals surface area contributed by atoms with Crippen molar-refractivity contribution in [2.75, 3.05) is 13.7 Å². The highest BCUT2D eigenvalue weighted by Gasteiger charge is 2.69. The smallest absolute Gasteiger partial charge is 0.337 e. The lowest BCUT2D eigenvalue weighted by Crippen LogP contribution is -2.69. The van der Waals surface area contributed by atoms with Gasteiger partial charge in [-0.05, 0) is 77.6 Å². The molecule has 13 nitrogen and oxygen atoms in total. The van der Waals surface area contributed by atoms with E-state index in [2.05, 4.69) is 67.5 Å². The van der Waals surface area contributed by atoms with E-state index in [1.807, 2.05) is 0 Å². The van der Waals surface area contributed by atoms with E-state index < -0.39 is 90.4 Å². The summed E-state index contributed by atoms with van der Waals surface area (Å²) in [7, 11) is 1.13. The fourth-order valence-corrected chi connectivity index (χ4v) is 12.8. The molecule has 3 saturated carbocycles. The van der Waals surface area contributed by atoms with E-state index in [9.17, 15) is 40.5 Å². The summed E-state index contributed by atoms with van der Waals surface area (Å²) < 4.78 is 28.9. The van der Waals surface area contributed by atoms with Crippen LogP contribution in [0.25, 0.3) is 0 Å². The maximum atomic E-state index is 12.7. The molecule has 0 aromatic heterocycles. The topological polar surface area (TPSA) is 205 Å². The van der Waals surface area contributed by atoms with Crippen molar-refractivity contribution in [3.05, 3.63) is 23.3 Å². The van der Waals surface area contributed by atoms with Gasteiger partial charge < -0.3 is 59.4 Å². The second kappa shape index (κ2) is 13.8. The van der Waals surface area contributed by atoms with Crippen molar-refractivity contribution in [2.24, 2.45) is 44.3 Å². The van der Waals surface area contributed by atoms with E-state index in [-0.39, 0.29) is 46.5 Å². The average molecular weight is 779 g/mol. The van der Waals surface area contributed by atoms with Gasteiger partial charge in [-0.2, -0.15) is 0 Å². The molecule has 7 aliphatic rings. The van der Waals surface area contributed by atoms with Crippen molar-refractivity contribution in [3.63, 3.8) is 0 Å². The predicted octanol–water partition coefficient (Wildman–Crippen LogP) is 2.50. The Balaban J connectivity index is 1.20. The van der Waals surface area contributed by atoms with E-state index in [0.717, 1.165) is 45.6 Å². The summed E-state index contributed by atoms with van der Waals surface area (Å²) in [5.41, 5.74) is 1.04. The van der Waals surface area contributed by atoms with Gasteiger partial charge >= 0.3 is 5.97 Å². The number of fused-ring (bicyclic) bond motifs is 6. The van der Waals surface area contributed by atoms with Crippen LogP contribution in [-0.4, -0.2) is 129 Å². The molecule has 0 aromatic rings. The Bertz CT molecular complexity index is 1560. The summed E-state index contributed by atoms with van der Waals surface area (Å²) in [5.74, 6) is -0.938. The molecule has 18 atom stereocenters. The van der Waals surface area contributed by atoms with Gasteiger partial charge in [0.2, 0.25) is 0 Å².